The van der Waals surface area contributed by atoms with E-state index in [1.54, 1.807) is 0 Å². The second kappa shape index (κ2) is 38.9. The van der Waals surface area contributed by atoms with Crippen molar-refractivity contribution in [3.63, 3.8) is 0 Å². The number of unbranched alkanes of at least 4 members (excludes halogenated alkanes) is 9. The van der Waals surface area contributed by atoms with E-state index in [9.17, 15) is 19.0 Å². The van der Waals surface area contributed by atoms with Crippen LogP contribution in [0, 0.1) is 0 Å². The molecule has 0 aliphatic heterocycles. The Bertz CT molecular complexity index is 1140. The molecule has 0 bridgehead atoms. The van der Waals surface area contributed by atoms with E-state index < -0.39 is 32.5 Å². The maximum atomic E-state index is 12.5. The van der Waals surface area contributed by atoms with Gasteiger partial charge in [0.15, 0.2) is 6.10 Å². The Labute approximate surface area is 322 Å². The molecule has 0 aliphatic rings. The first kappa shape index (κ1) is 50.2. The lowest BCUT2D eigenvalue weighted by Crippen LogP contribution is -2.29. The molecule has 0 aliphatic carbocycles. The third-order valence-corrected chi connectivity index (χ3v) is 8.75. The van der Waals surface area contributed by atoms with Crippen molar-refractivity contribution in [2.75, 3.05) is 26.4 Å². The van der Waals surface area contributed by atoms with Gasteiger partial charge in [0.2, 0.25) is 0 Å². The van der Waals surface area contributed by atoms with Crippen molar-refractivity contribution in [3.8, 4) is 0 Å². The van der Waals surface area contributed by atoms with Crippen LogP contribution in [0.25, 0.3) is 0 Å². The minimum absolute atomic E-state index is 0.0384. The van der Waals surface area contributed by atoms with E-state index in [1.165, 1.54) is 25.7 Å². The summed E-state index contributed by atoms with van der Waals surface area (Å²) in [5, 5.41) is 0. The largest absolute Gasteiger partial charge is 0.472 e. The topological polar surface area (TPSA) is 134 Å². The highest BCUT2D eigenvalue weighted by molar-refractivity contribution is 7.47. The van der Waals surface area contributed by atoms with Crippen LogP contribution < -0.4 is 5.73 Å². The predicted molar refractivity (Wildman–Crippen MR) is 219 cm³/mol. The van der Waals surface area contributed by atoms with Gasteiger partial charge in [-0.2, -0.15) is 0 Å². The monoisotopic (exact) mass is 761 g/mol. The van der Waals surface area contributed by atoms with E-state index in [0.29, 0.717) is 12.8 Å². The van der Waals surface area contributed by atoms with Crippen LogP contribution in [-0.2, 0) is 32.7 Å². The summed E-state index contributed by atoms with van der Waals surface area (Å²) in [7, 11) is -4.40. The normalized spacial score (nSPS) is 14.3. The molecule has 53 heavy (non-hydrogen) atoms. The third kappa shape index (κ3) is 38.7. The van der Waals surface area contributed by atoms with Gasteiger partial charge in [-0.15, -0.1) is 0 Å². The van der Waals surface area contributed by atoms with Crippen LogP contribution in [0.15, 0.2) is 85.1 Å². The average molecular weight is 762 g/mol. The van der Waals surface area contributed by atoms with Gasteiger partial charge in [0, 0.05) is 19.4 Å². The van der Waals surface area contributed by atoms with Gasteiger partial charge in [-0.1, -0.05) is 131 Å². The van der Waals surface area contributed by atoms with Gasteiger partial charge in [-0.05, 0) is 83.5 Å². The second-order valence-electron chi connectivity index (χ2n) is 12.8. The smallest absolute Gasteiger partial charge is 0.462 e. The summed E-state index contributed by atoms with van der Waals surface area (Å²) in [4.78, 5) is 34.8. The van der Waals surface area contributed by atoms with Crippen molar-refractivity contribution in [1.29, 1.82) is 0 Å². The van der Waals surface area contributed by atoms with E-state index in [1.807, 2.05) is 6.08 Å². The maximum absolute atomic E-state index is 12.5. The molecule has 3 N–H and O–H groups in total. The molecule has 302 valence electrons. The summed E-state index contributed by atoms with van der Waals surface area (Å²) >= 11 is 0. The predicted octanol–water partition coefficient (Wildman–Crippen LogP) is 11.3. The fourth-order valence-electron chi connectivity index (χ4n) is 4.82. The SMILES string of the molecule is CC/C=C/C/C=C/C/C=C/CCCCCCCC(=O)O[C@H](COC(=O)CCC/C=C/C/C=C/C/C=C/C/C=C/CCCCC)COP(=O)(O)OCCN. The van der Waals surface area contributed by atoms with Gasteiger partial charge in [-0.3, -0.25) is 18.6 Å². The third-order valence-electron chi connectivity index (χ3n) is 7.77. The van der Waals surface area contributed by atoms with Crippen LogP contribution >= 0.6 is 7.82 Å². The molecule has 9 nitrogen and oxygen atoms in total. The van der Waals surface area contributed by atoms with Crippen molar-refractivity contribution >= 4 is 19.8 Å². The van der Waals surface area contributed by atoms with Crippen LogP contribution in [0.5, 0.6) is 0 Å². The fraction of sp³-hybridized carbons (Fsp3) is 0.628. The highest BCUT2D eigenvalue weighted by Gasteiger charge is 2.25. The Morgan fingerprint density at radius 1 is 0.585 bits per heavy atom. The van der Waals surface area contributed by atoms with E-state index in [2.05, 4.69) is 92.8 Å². The number of ether oxygens (including phenoxy) is 2. The molecule has 0 spiro atoms. The molecule has 0 rings (SSSR count). The number of nitrogens with two attached hydrogens (primary N) is 1. The van der Waals surface area contributed by atoms with Gasteiger partial charge in [0.25, 0.3) is 0 Å². The zero-order valence-corrected chi connectivity index (χ0v) is 33.9. The quantitative estimate of drug-likeness (QED) is 0.0277. The van der Waals surface area contributed by atoms with Crippen molar-refractivity contribution in [3.05, 3.63) is 85.1 Å². The number of hydrogen-bond donors (Lipinski definition) is 2. The van der Waals surface area contributed by atoms with Crippen LogP contribution in [0.4, 0.5) is 0 Å². The van der Waals surface area contributed by atoms with Crippen LogP contribution in [0.2, 0.25) is 0 Å². The van der Waals surface area contributed by atoms with E-state index in [-0.39, 0.29) is 32.6 Å². The van der Waals surface area contributed by atoms with Crippen LogP contribution in [0.3, 0.4) is 0 Å². The number of esters is 2. The summed E-state index contributed by atoms with van der Waals surface area (Å²) in [5.41, 5.74) is 5.33. The van der Waals surface area contributed by atoms with Gasteiger partial charge in [-0.25, -0.2) is 4.57 Å². The standard InChI is InChI=1S/C43H72NO8P/c1-3-5-7-9-11-13-15-17-19-20-22-23-25-27-29-31-33-35-42(45)49-39-41(40-51-53(47,48)50-38-37-44)52-43(46)36-34-32-30-28-26-24-21-18-16-14-12-10-8-6-4-2/h6,8,11-14,17-19,21-23,27,29,41H,3-5,7,9-10,15-16,20,24-26,28,30-40,44H2,1-2H3,(H,47,48)/b8-6+,13-11+,14-12+,19-17+,21-18+,23-22+,29-27+/t41-/m1/s1. The number of phosphoric acid groups is 1. The Balaban J connectivity index is 4.34. The van der Waals surface area contributed by atoms with Crippen molar-refractivity contribution in [2.24, 2.45) is 5.73 Å². The number of allylic oxidation sites excluding steroid dienone is 14. The number of hydrogen-bond acceptors (Lipinski definition) is 8. The lowest BCUT2D eigenvalue weighted by atomic mass is 10.1. The highest BCUT2D eigenvalue weighted by Crippen LogP contribution is 2.43. The zero-order valence-electron chi connectivity index (χ0n) is 33.0. The second-order valence-corrected chi connectivity index (χ2v) is 14.2. The summed E-state index contributed by atoms with van der Waals surface area (Å²) in [6, 6.07) is 0. The lowest BCUT2D eigenvalue weighted by Gasteiger charge is -2.19. The van der Waals surface area contributed by atoms with E-state index >= 15 is 0 Å². The van der Waals surface area contributed by atoms with Crippen molar-refractivity contribution < 1.29 is 37.6 Å². The summed E-state index contributed by atoms with van der Waals surface area (Å²) < 4.78 is 32.6. The minimum atomic E-state index is -4.40. The molecular weight excluding hydrogens is 689 g/mol. The molecule has 10 heteroatoms. The first-order valence-electron chi connectivity index (χ1n) is 20.1. The van der Waals surface area contributed by atoms with E-state index in [0.717, 1.165) is 77.0 Å². The maximum Gasteiger partial charge on any atom is 0.472 e. The molecule has 0 aromatic carbocycles. The van der Waals surface area contributed by atoms with Crippen LogP contribution in [-0.4, -0.2) is 49.3 Å². The zero-order chi connectivity index (χ0) is 38.9. The summed E-state index contributed by atoms with van der Waals surface area (Å²) in [6.45, 7) is 3.48. The number of phosphoric ester groups is 1. The first-order valence-corrected chi connectivity index (χ1v) is 21.6. The van der Waals surface area contributed by atoms with Crippen LogP contribution in [0.1, 0.15) is 142 Å². The molecule has 2 atom stereocenters. The molecule has 0 amide bonds. The number of carbonyl (C=O) groups excluding carboxylic acids is 2. The number of rotatable bonds is 36. The molecular formula is C43H72NO8P. The average Bonchev–Trinajstić information content (AvgIpc) is 3.14. The Kier molecular flexibility index (Phi) is 36.8. The van der Waals surface area contributed by atoms with Gasteiger partial charge >= 0.3 is 19.8 Å². The van der Waals surface area contributed by atoms with E-state index in [4.69, 9.17) is 24.3 Å². The molecule has 0 aromatic heterocycles. The lowest BCUT2D eigenvalue weighted by molar-refractivity contribution is -0.161. The van der Waals surface area contributed by atoms with Gasteiger partial charge in [0.05, 0.1) is 13.2 Å². The first-order chi connectivity index (χ1) is 25.8. The molecule has 1 unspecified atom stereocenters. The van der Waals surface area contributed by atoms with Crippen molar-refractivity contribution in [1.82, 2.24) is 0 Å². The minimum Gasteiger partial charge on any atom is -0.462 e. The molecule has 0 saturated heterocycles. The van der Waals surface area contributed by atoms with Crippen molar-refractivity contribution in [2.45, 2.75) is 148 Å². The fourth-order valence-corrected chi connectivity index (χ4v) is 5.58. The number of carbonyl (C=O) groups is 2. The summed E-state index contributed by atoms with van der Waals surface area (Å²) in [6.07, 6.45) is 47.6. The Hall–Kier alpha value is -2.81. The summed E-state index contributed by atoms with van der Waals surface area (Å²) in [5.74, 6) is -0.924. The molecule has 0 radical (unpaired) electrons. The Morgan fingerprint density at radius 3 is 1.60 bits per heavy atom. The molecule has 0 heterocycles. The van der Waals surface area contributed by atoms with Gasteiger partial charge < -0.3 is 20.1 Å². The highest BCUT2D eigenvalue weighted by atomic mass is 31.2. The van der Waals surface area contributed by atoms with Gasteiger partial charge in [0.1, 0.15) is 6.61 Å². The molecule has 0 saturated carbocycles. The molecule has 0 aromatic rings. The Morgan fingerprint density at radius 2 is 1.06 bits per heavy atom. The molecule has 0 fully saturated rings.